The molecule has 1 amide bonds. The first-order valence-electron chi connectivity index (χ1n) is 9.77. The molecule has 30 heavy (non-hydrogen) atoms. The summed E-state index contributed by atoms with van der Waals surface area (Å²) in [5, 5.41) is 18.2. The Hall–Kier alpha value is -3.25. The molecule has 154 valence electrons. The molecular formula is C23H22ClN3O3. The number of nitrogens with one attached hydrogen (secondary N) is 1. The molecule has 3 aromatic rings. The van der Waals surface area contributed by atoms with Crippen LogP contribution in [0.4, 0.5) is 0 Å². The number of phenolic OH excluding ortho intramolecular Hbond substituents is 1. The quantitative estimate of drug-likeness (QED) is 0.527. The Morgan fingerprint density at radius 3 is 2.93 bits per heavy atom. The molecule has 2 N–H and O–H groups in total. The topological polar surface area (TPSA) is 78.5 Å². The number of rotatable bonds is 7. The van der Waals surface area contributed by atoms with E-state index in [4.69, 9.17) is 16.3 Å². The number of halogens is 1. The van der Waals surface area contributed by atoms with Gasteiger partial charge in [-0.2, -0.15) is 5.10 Å². The van der Waals surface area contributed by atoms with E-state index in [2.05, 4.69) is 16.8 Å². The lowest BCUT2D eigenvalue weighted by Crippen LogP contribution is -2.30. The van der Waals surface area contributed by atoms with Crippen LogP contribution >= 0.6 is 11.6 Å². The third-order valence-electron chi connectivity index (χ3n) is 5.08. The van der Waals surface area contributed by atoms with Crippen LogP contribution in [0.3, 0.4) is 0 Å². The van der Waals surface area contributed by atoms with E-state index in [0.717, 1.165) is 17.5 Å². The lowest BCUT2D eigenvalue weighted by molar-refractivity contribution is 0.0743. The van der Waals surface area contributed by atoms with Gasteiger partial charge in [-0.15, -0.1) is 0 Å². The van der Waals surface area contributed by atoms with Gasteiger partial charge in [0, 0.05) is 22.7 Å². The van der Waals surface area contributed by atoms with Gasteiger partial charge in [0.25, 0.3) is 5.91 Å². The molecule has 0 radical (unpaired) electrons. The van der Waals surface area contributed by atoms with Gasteiger partial charge in [0.15, 0.2) is 0 Å². The van der Waals surface area contributed by atoms with Crippen LogP contribution in [0.5, 0.6) is 11.5 Å². The minimum Gasteiger partial charge on any atom is -0.507 e. The zero-order valence-electron chi connectivity index (χ0n) is 16.6. The lowest BCUT2D eigenvalue weighted by Gasteiger charge is -2.26. The van der Waals surface area contributed by atoms with E-state index in [0.29, 0.717) is 40.9 Å². The molecular weight excluding hydrogens is 402 g/mol. The summed E-state index contributed by atoms with van der Waals surface area (Å²) in [5.74, 6) is 0.631. The minimum atomic E-state index is -0.355. The summed E-state index contributed by atoms with van der Waals surface area (Å²) in [6.07, 6.45) is 2.49. The van der Waals surface area contributed by atoms with Gasteiger partial charge in [0.05, 0.1) is 6.04 Å². The maximum Gasteiger partial charge on any atom is 0.273 e. The Kier molecular flexibility index (Phi) is 5.50. The summed E-state index contributed by atoms with van der Waals surface area (Å²) in [7, 11) is 0. The summed E-state index contributed by atoms with van der Waals surface area (Å²) in [5.41, 5.74) is 3.06. The van der Waals surface area contributed by atoms with Crippen LogP contribution in [-0.2, 0) is 0 Å². The SMILES string of the molecule is C=CCOc1cccc(C2c3c(-c4cc(Cl)ccc4O)n[nH]c3C(=O)N2CCC)c1. The second-order valence-electron chi connectivity index (χ2n) is 7.10. The van der Waals surface area contributed by atoms with Crippen molar-refractivity contribution in [1.82, 2.24) is 15.1 Å². The van der Waals surface area contributed by atoms with Crippen molar-refractivity contribution in [1.29, 1.82) is 0 Å². The van der Waals surface area contributed by atoms with E-state index in [1.54, 1.807) is 18.2 Å². The third kappa shape index (κ3) is 3.44. The number of hydrogen-bond donors (Lipinski definition) is 2. The number of phenols is 1. The monoisotopic (exact) mass is 423 g/mol. The molecule has 0 saturated heterocycles. The summed E-state index contributed by atoms with van der Waals surface area (Å²) in [6.45, 7) is 6.69. The summed E-state index contributed by atoms with van der Waals surface area (Å²) in [4.78, 5) is 15.0. The number of aromatic nitrogens is 2. The van der Waals surface area contributed by atoms with Crippen LogP contribution in [0.2, 0.25) is 5.02 Å². The number of fused-ring (bicyclic) bond motifs is 1. The fraction of sp³-hybridized carbons (Fsp3) is 0.217. The Morgan fingerprint density at radius 1 is 1.33 bits per heavy atom. The van der Waals surface area contributed by atoms with Gasteiger partial charge >= 0.3 is 0 Å². The number of carbonyl (C=O) groups is 1. The summed E-state index contributed by atoms with van der Waals surface area (Å²) >= 11 is 6.16. The van der Waals surface area contributed by atoms with Crippen molar-refractivity contribution in [2.24, 2.45) is 0 Å². The number of benzene rings is 2. The van der Waals surface area contributed by atoms with Crippen molar-refractivity contribution in [2.45, 2.75) is 19.4 Å². The first-order chi connectivity index (χ1) is 14.5. The largest absolute Gasteiger partial charge is 0.507 e. The van der Waals surface area contributed by atoms with Crippen LogP contribution in [-0.4, -0.2) is 39.3 Å². The normalized spacial score (nSPS) is 15.3. The van der Waals surface area contributed by atoms with Gasteiger partial charge in [-0.3, -0.25) is 9.89 Å². The van der Waals surface area contributed by atoms with E-state index in [9.17, 15) is 9.90 Å². The lowest BCUT2D eigenvalue weighted by atomic mass is 9.95. The van der Waals surface area contributed by atoms with Crippen molar-refractivity contribution in [3.63, 3.8) is 0 Å². The zero-order chi connectivity index (χ0) is 21.3. The summed E-state index contributed by atoms with van der Waals surface area (Å²) in [6, 6.07) is 12.1. The fourth-order valence-corrected chi connectivity index (χ4v) is 4.02. The van der Waals surface area contributed by atoms with Crippen LogP contribution in [0.15, 0.2) is 55.1 Å². The molecule has 0 spiro atoms. The molecule has 0 aliphatic carbocycles. The highest BCUT2D eigenvalue weighted by molar-refractivity contribution is 6.31. The molecule has 0 fully saturated rings. The van der Waals surface area contributed by atoms with Crippen molar-refractivity contribution in [3.8, 4) is 22.8 Å². The van der Waals surface area contributed by atoms with Gasteiger partial charge in [-0.25, -0.2) is 0 Å². The molecule has 6 nitrogen and oxygen atoms in total. The van der Waals surface area contributed by atoms with Crippen LogP contribution in [0, 0.1) is 0 Å². The predicted molar refractivity (Wildman–Crippen MR) is 116 cm³/mol. The highest BCUT2D eigenvalue weighted by Gasteiger charge is 2.42. The van der Waals surface area contributed by atoms with Crippen molar-refractivity contribution < 1.29 is 14.6 Å². The van der Waals surface area contributed by atoms with Crippen LogP contribution in [0.1, 0.15) is 41.0 Å². The number of aromatic hydroxyl groups is 1. The standard InChI is InChI=1S/C23H22ClN3O3/c1-3-10-27-22(14-6-5-7-16(12-14)30-11-4-2)19-20(25-26-21(19)23(27)29)17-13-15(24)8-9-18(17)28/h4-9,12-13,22,28H,2-3,10-11H2,1H3,(H,25,26). The smallest absolute Gasteiger partial charge is 0.273 e. The van der Waals surface area contributed by atoms with Gasteiger partial charge in [-0.05, 0) is 42.3 Å². The average molecular weight is 424 g/mol. The Morgan fingerprint density at radius 2 is 2.17 bits per heavy atom. The van der Waals surface area contributed by atoms with Crippen molar-refractivity contribution >= 4 is 17.5 Å². The van der Waals surface area contributed by atoms with Gasteiger partial charge < -0.3 is 14.7 Å². The number of nitrogens with zero attached hydrogens (tertiary/aromatic N) is 2. The molecule has 2 aromatic carbocycles. The molecule has 1 aromatic heterocycles. The Bertz CT molecular complexity index is 1110. The predicted octanol–water partition coefficient (Wildman–Crippen LogP) is 4.96. The Balaban J connectivity index is 1.87. The molecule has 4 rings (SSSR count). The first kappa shape index (κ1) is 20.0. The number of carbonyl (C=O) groups excluding carboxylic acids is 1. The fourth-order valence-electron chi connectivity index (χ4n) is 3.85. The number of H-pyrrole nitrogens is 1. The molecule has 1 aliphatic heterocycles. The molecule has 0 saturated carbocycles. The number of hydrogen-bond acceptors (Lipinski definition) is 4. The second kappa shape index (κ2) is 8.24. The second-order valence-corrected chi connectivity index (χ2v) is 7.53. The molecule has 2 heterocycles. The van der Waals surface area contributed by atoms with Crippen molar-refractivity contribution in [3.05, 3.63) is 77.0 Å². The minimum absolute atomic E-state index is 0.0527. The molecule has 7 heteroatoms. The van der Waals surface area contributed by atoms with Crippen LogP contribution in [0.25, 0.3) is 11.3 Å². The van der Waals surface area contributed by atoms with Crippen LogP contribution < -0.4 is 4.74 Å². The molecule has 1 atom stereocenters. The maximum absolute atomic E-state index is 13.1. The van der Waals surface area contributed by atoms with E-state index < -0.39 is 0 Å². The van der Waals surface area contributed by atoms with E-state index in [1.165, 1.54) is 6.07 Å². The number of ether oxygens (including phenoxy) is 1. The van der Waals surface area contributed by atoms with E-state index in [-0.39, 0.29) is 17.7 Å². The third-order valence-corrected chi connectivity index (χ3v) is 5.32. The van der Waals surface area contributed by atoms with Gasteiger partial charge in [-0.1, -0.05) is 43.3 Å². The van der Waals surface area contributed by atoms with Gasteiger partial charge in [0.2, 0.25) is 0 Å². The van der Waals surface area contributed by atoms with Crippen molar-refractivity contribution in [2.75, 3.05) is 13.2 Å². The molecule has 1 unspecified atom stereocenters. The maximum atomic E-state index is 13.1. The zero-order valence-corrected chi connectivity index (χ0v) is 17.3. The van der Waals surface area contributed by atoms with E-state index >= 15 is 0 Å². The Labute approximate surface area is 179 Å². The first-order valence-corrected chi connectivity index (χ1v) is 10.1. The number of aromatic amines is 1. The highest BCUT2D eigenvalue weighted by Crippen LogP contribution is 2.45. The average Bonchev–Trinajstić information content (AvgIpc) is 3.28. The molecule has 0 bridgehead atoms. The summed E-state index contributed by atoms with van der Waals surface area (Å²) < 4.78 is 5.69. The van der Waals surface area contributed by atoms with E-state index in [1.807, 2.05) is 36.1 Å². The van der Waals surface area contributed by atoms with Gasteiger partial charge in [0.1, 0.15) is 29.5 Å². The number of amides is 1. The highest BCUT2D eigenvalue weighted by atomic mass is 35.5. The molecule has 1 aliphatic rings.